The number of halogens is 3. The molecule has 0 bridgehead atoms. The van der Waals surface area contributed by atoms with E-state index in [2.05, 4.69) is 30.6 Å². The van der Waals surface area contributed by atoms with Gasteiger partial charge < -0.3 is 15.4 Å². The second-order valence-corrected chi connectivity index (χ2v) is 10.6. The summed E-state index contributed by atoms with van der Waals surface area (Å²) >= 11 is 1.45. The van der Waals surface area contributed by atoms with Crippen LogP contribution in [0.1, 0.15) is 42.9 Å². The van der Waals surface area contributed by atoms with Crippen LogP contribution in [-0.2, 0) is 11.0 Å². The number of carbonyl (C=O) groups excluding carboxylic acids is 2. The molecule has 0 radical (unpaired) electrons. The predicted octanol–water partition coefficient (Wildman–Crippen LogP) is 6.45. The largest absolute Gasteiger partial charge is 0.424 e. The average molecular weight is 582 g/mol. The first kappa shape index (κ1) is 26.6. The van der Waals surface area contributed by atoms with E-state index in [1.54, 1.807) is 23.2 Å². The number of urea groups is 1. The number of hydrogen-bond acceptors (Lipinski definition) is 8. The molecular weight excluding hydrogens is 559 g/mol. The van der Waals surface area contributed by atoms with E-state index in [4.69, 9.17) is 4.74 Å². The van der Waals surface area contributed by atoms with Crippen LogP contribution in [0.4, 0.5) is 34.5 Å². The maximum atomic E-state index is 13.1. The van der Waals surface area contributed by atoms with Gasteiger partial charge in [-0.3, -0.25) is 14.7 Å². The van der Waals surface area contributed by atoms with Crippen LogP contribution >= 0.6 is 11.3 Å². The third kappa shape index (κ3) is 6.11. The number of aromatic nitrogens is 4. The van der Waals surface area contributed by atoms with E-state index in [1.165, 1.54) is 23.7 Å². The van der Waals surface area contributed by atoms with E-state index >= 15 is 0 Å². The number of benzene rings is 1. The van der Waals surface area contributed by atoms with Gasteiger partial charge in [0.25, 0.3) is 0 Å². The summed E-state index contributed by atoms with van der Waals surface area (Å²) in [5, 5.41) is 5.66. The van der Waals surface area contributed by atoms with E-state index in [9.17, 15) is 22.8 Å². The Balaban J connectivity index is 1.06. The molecule has 3 amide bonds. The van der Waals surface area contributed by atoms with Crippen LogP contribution in [0.25, 0.3) is 10.4 Å². The molecule has 1 aromatic carbocycles. The van der Waals surface area contributed by atoms with Crippen molar-refractivity contribution in [3.05, 3.63) is 66.4 Å². The number of ether oxygens (including phenoxy) is 1. The van der Waals surface area contributed by atoms with Crippen molar-refractivity contribution >= 4 is 39.8 Å². The van der Waals surface area contributed by atoms with Crippen molar-refractivity contribution in [2.24, 2.45) is 0 Å². The van der Waals surface area contributed by atoms with E-state index in [0.717, 1.165) is 42.0 Å². The molecule has 0 atom stereocenters. The van der Waals surface area contributed by atoms with Crippen molar-refractivity contribution in [1.29, 1.82) is 0 Å². The number of hydrogen-bond donors (Lipinski definition) is 2. The van der Waals surface area contributed by atoms with Crippen molar-refractivity contribution < 1.29 is 27.5 Å². The van der Waals surface area contributed by atoms with Crippen molar-refractivity contribution in [3.8, 4) is 22.2 Å². The van der Waals surface area contributed by atoms with Gasteiger partial charge in [-0.2, -0.15) is 13.2 Å². The summed E-state index contributed by atoms with van der Waals surface area (Å²) in [5.41, 5.74) is 0.640. The maximum Gasteiger partial charge on any atom is 0.417 e. The van der Waals surface area contributed by atoms with Crippen LogP contribution in [0, 0.1) is 0 Å². The lowest BCUT2D eigenvalue weighted by atomic mass is 10.1. The Labute approximate surface area is 235 Å². The highest BCUT2D eigenvalue weighted by Gasteiger charge is 2.34. The highest BCUT2D eigenvalue weighted by atomic mass is 32.1. The molecule has 41 heavy (non-hydrogen) atoms. The molecule has 6 rings (SSSR count). The molecule has 3 aromatic heterocycles. The Hall–Kier alpha value is -4.59. The smallest absolute Gasteiger partial charge is 0.417 e. The normalized spacial score (nSPS) is 15.2. The van der Waals surface area contributed by atoms with Gasteiger partial charge in [0.1, 0.15) is 5.75 Å². The fraction of sp³-hybridized carbons (Fsp3) is 0.259. The van der Waals surface area contributed by atoms with E-state index in [-0.39, 0.29) is 29.2 Å². The number of pyridine rings is 1. The molecule has 2 fully saturated rings. The van der Waals surface area contributed by atoms with Crippen LogP contribution in [0.2, 0.25) is 0 Å². The summed E-state index contributed by atoms with van der Waals surface area (Å²) in [6.07, 6.45) is 3.58. The molecule has 10 nitrogen and oxygen atoms in total. The third-order valence-electron chi connectivity index (χ3n) is 6.49. The molecule has 0 unspecified atom stereocenters. The standard InChI is InChI=1S/C27H22F3N7O3S/c28-27(29,30)17-10-20(23(31-11-17)16-3-4-16)36-24(39)35-18-12-32-25(33-13-18)40-19-7-5-15(6-8-19)21-14-34-26(41-21)37-9-1-2-22(37)38/h5-8,10-14,16H,1-4,9H2,(H2,35,36,39). The van der Waals surface area contributed by atoms with Crippen LogP contribution in [0.5, 0.6) is 11.8 Å². The molecule has 1 saturated heterocycles. The van der Waals surface area contributed by atoms with Crippen molar-refractivity contribution in [2.75, 3.05) is 22.1 Å². The molecule has 2 N–H and O–H groups in total. The first-order valence-corrected chi connectivity index (χ1v) is 13.6. The predicted molar refractivity (Wildman–Crippen MR) is 145 cm³/mol. The van der Waals surface area contributed by atoms with Crippen molar-refractivity contribution in [2.45, 2.75) is 37.8 Å². The maximum absolute atomic E-state index is 13.1. The number of nitrogens with one attached hydrogen (secondary N) is 2. The monoisotopic (exact) mass is 581 g/mol. The second kappa shape index (κ2) is 10.8. The SMILES string of the molecule is O=C(Nc1cnc(Oc2ccc(-c3cnc(N4CCCC4=O)s3)cc2)nc1)Nc1cc(C(F)(F)F)cnc1C1CC1. The molecule has 14 heteroatoms. The lowest BCUT2D eigenvalue weighted by molar-refractivity contribution is -0.137. The summed E-state index contributed by atoms with van der Waals surface area (Å²) in [5.74, 6) is 0.602. The van der Waals surface area contributed by atoms with Gasteiger partial charge in [-0.1, -0.05) is 11.3 Å². The van der Waals surface area contributed by atoms with Crippen LogP contribution in [-0.4, -0.2) is 38.4 Å². The minimum atomic E-state index is -4.58. The number of alkyl halides is 3. The van der Waals surface area contributed by atoms with Crippen LogP contribution in [0.15, 0.2) is 55.1 Å². The number of carbonyl (C=O) groups is 2. The molecule has 4 heterocycles. The number of nitrogens with zero attached hydrogens (tertiary/aromatic N) is 5. The fourth-order valence-electron chi connectivity index (χ4n) is 4.30. The quantitative estimate of drug-likeness (QED) is 0.257. The minimum absolute atomic E-state index is 0.0169. The van der Waals surface area contributed by atoms with Gasteiger partial charge in [0.2, 0.25) is 5.91 Å². The van der Waals surface area contributed by atoms with E-state index in [0.29, 0.717) is 29.5 Å². The van der Waals surface area contributed by atoms with Gasteiger partial charge in [-0.25, -0.2) is 19.7 Å². The number of thiazole rings is 1. The van der Waals surface area contributed by atoms with Gasteiger partial charge in [0.15, 0.2) is 5.13 Å². The van der Waals surface area contributed by atoms with Crippen LogP contribution in [0.3, 0.4) is 0 Å². The molecule has 1 aliphatic carbocycles. The Kier molecular flexibility index (Phi) is 6.99. The Morgan fingerprint density at radius 3 is 2.41 bits per heavy atom. The molecule has 210 valence electrons. The number of amides is 3. The number of rotatable bonds is 7. The Bertz CT molecular complexity index is 1590. The van der Waals surface area contributed by atoms with Crippen molar-refractivity contribution in [1.82, 2.24) is 19.9 Å². The Morgan fingerprint density at radius 1 is 1.00 bits per heavy atom. The highest BCUT2D eigenvalue weighted by molar-refractivity contribution is 7.19. The zero-order chi connectivity index (χ0) is 28.6. The van der Waals surface area contributed by atoms with Gasteiger partial charge >= 0.3 is 18.2 Å². The van der Waals surface area contributed by atoms with Crippen molar-refractivity contribution in [3.63, 3.8) is 0 Å². The van der Waals surface area contributed by atoms with Gasteiger partial charge in [0.05, 0.1) is 39.9 Å². The average Bonchev–Trinajstić information content (AvgIpc) is 3.51. The summed E-state index contributed by atoms with van der Waals surface area (Å²) < 4.78 is 45.1. The summed E-state index contributed by atoms with van der Waals surface area (Å²) in [7, 11) is 0. The summed E-state index contributed by atoms with van der Waals surface area (Å²) in [4.78, 5) is 43.6. The first-order chi connectivity index (χ1) is 19.7. The molecule has 1 aliphatic heterocycles. The van der Waals surface area contributed by atoms with Gasteiger partial charge in [0, 0.05) is 31.3 Å². The van der Waals surface area contributed by atoms with Gasteiger partial charge in [-0.05, 0) is 55.2 Å². The number of anilines is 3. The molecule has 1 saturated carbocycles. The Morgan fingerprint density at radius 2 is 1.76 bits per heavy atom. The molecule has 4 aromatic rings. The van der Waals surface area contributed by atoms with E-state index < -0.39 is 17.8 Å². The fourth-order valence-corrected chi connectivity index (χ4v) is 5.26. The topological polar surface area (TPSA) is 122 Å². The molecule has 2 aliphatic rings. The third-order valence-corrected chi connectivity index (χ3v) is 7.56. The van der Waals surface area contributed by atoms with Gasteiger partial charge in [-0.15, -0.1) is 0 Å². The lowest BCUT2D eigenvalue weighted by Gasteiger charge is -2.14. The van der Waals surface area contributed by atoms with E-state index in [1.807, 2.05) is 12.1 Å². The zero-order valence-electron chi connectivity index (χ0n) is 21.3. The second-order valence-electron chi connectivity index (χ2n) is 9.54. The minimum Gasteiger partial charge on any atom is -0.424 e. The zero-order valence-corrected chi connectivity index (χ0v) is 22.1. The highest BCUT2D eigenvalue weighted by Crippen LogP contribution is 2.43. The first-order valence-electron chi connectivity index (χ1n) is 12.7. The molecular formula is C27H22F3N7O3S. The van der Waals surface area contributed by atoms with Crippen LogP contribution < -0.4 is 20.3 Å². The molecule has 0 spiro atoms. The summed E-state index contributed by atoms with van der Waals surface area (Å²) in [6.45, 7) is 0.687. The lowest BCUT2D eigenvalue weighted by Crippen LogP contribution is -2.23. The summed E-state index contributed by atoms with van der Waals surface area (Å²) in [6, 6.07) is 7.39.